The van der Waals surface area contributed by atoms with Crippen molar-refractivity contribution in [2.75, 3.05) is 0 Å². The molecule has 1 aromatic carbocycles. The molecule has 2 aromatic rings. The third kappa shape index (κ3) is 3.12. The molecule has 1 atom stereocenters. The summed E-state index contributed by atoms with van der Waals surface area (Å²) in [5.74, 6) is 0.586. The molecular formula is C14H17FN2O2. The highest BCUT2D eigenvalue weighted by Crippen LogP contribution is 2.30. The quantitative estimate of drug-likeness (QED) is 0.920. The zero-order valence-electron chi connectivity index (χ0n) is 11.2. The Morgan fingerprint density at radius 2 is 2.05 bits per heavy atom. The minimum absolute atomic E-state index is 0.238. The lowest BCUT2D eigenvalue weighted by Crippen LogP contribution is -2.00. The number of nitrogens with zero attached hydrogens (tertiary/aromatic N) is 2. The Morgan fingerprint density at radius 1 is 1.32 bits per heavy atom. The van der Waals surface area contributed by atoms with Crippen LogP contribution in [0, 0.1) is 5.82 Å². The summed E-state index contributed by atoms with van der Waals surface area (Å²) < 4.78 is 20.6. The van der Waals surface area contributed by atoms with E-state index in [0.29, 0.717) is 17.1 Å². The standard InChI is InChI=1S/C14H17FN2O2/c1-9(2)17-8-12(7-16-17)19-14-5-4-11(15)6-13(14)10(3)18/h4-10,18H,1-3H3. The molecule has 0 aliphatic heterocycles. The zero-order valence-corrected chi connectivity index (χ0v) is 11.2. The van der Waals surface area contributed by atoms with Crippen molar-refractivity contribution in [2.45, 2.75) is 32.9 Å². The summed E-state index contributed by atoms with van der Waals surface area (Å²) in [5, 5.41) is 13.8. The maximum absolute atomic E-state index is 13.2. The van der Waals surface area contributed by atoms with Gasteiger partial charge in [0.25, 0.3) is 0 Å². The van der Waals surface area contributed by atoms with Gasteiger partial charge in [0.05, 0.1) is 18.5 Å². The van der Waals surface area contributed by atoms with Crippen molar-refractivity contribution in [1.82, 2.24) is 9.78 Å². The first-order chi connectivity index (χ1) is 8.97. The van der Waals surface area contributed by atoms with Crippen LogP contribution in [0.4, 0.5) is 4.39 Å². The summed E-state index contributed by atoms with van der Waals surface area (Å²) in [6.07, 6.45) is 2.56. The predicted octanol–water partition coefficient (Wildman–Crippen LogP) is 3.45. The Balaban J connectivity index is 2.27. The number of benzene rings is 1. The van der Waals surface area contributed by atoms with Gasteiger partial charge < -0.3 is 9.84 Å². The van der Waals surface area contributed by atoms with Crippen molar-refractivity contribution < 1.29 is 14.2 Å². The van der Waals surface area contributed by atoms with Crippen LogP contribution in [0.3, 0.4) is 0 Å². The van der Waals surface area contributed by atoms with Gasteiger partial charge >= 0.3 is 0 Å². The first kappa shape index (κ1) is 13.5. The van der Waals surface area contributed by atoms with Gasteiger partial charge in [0.1, 0.15) is 11.6 Å². The van der Waals surface area contributed by atoms with Crippen LogP contribution in [0.2, 0.25) is 0 Å². The molecule has 0 bridgehead atoms. The Morgan fingerprint density at radius 3 is 2.63 bits per heavy atom. The summed E-state index contributed by atoms with van der Waals surface area (Å²) in [6.45, 7) is 5.59. The fourth-order valence-corrected chi connectivity index (χ4v) is 1.72. The van der Waals surface area contributed by atoms with Crippen LogP contribution in [0.1, 0.15) is 38.5 Å². The van der Waals surface area contributed by atoms with Gasteiger partial charge in [-0.3, -0.25) is 4.68 Å². The number of ether oxygens (including phenoxy) is 1. The molecular weight excluding hydrogens is 247 g/mol. The number of hydrogen-bond donors (Lipinski definition) is 1. The molecule has 0 amide bonds. The van der Waals surface area contributed by atoms with E-state index in [2.05, 4.69) is 5.10 Å². The molecule has 1 heterocycles. The SMILES string of the molecule is CC(O)c1cc(F)ccc1Oc1cnn(C(C)C)c1. The number of rotatable bonds is 4. The van der Waals surface area contributed by atoms with Crippen LogP contribution >= 0.6 is 0 Å². The molecule has 102 valence electrons. The van der Waals surface area contributed by atoms with E-state index in [-0.39, 0.29) is 6.04 Å². The van der Waals surface area contributed by atoms with Crippen molar-refractivity contribution in [1.29, 1.82) is 0 Å². The van der Waals surface area contributed by atoms with Gasteiger partial charge in [-0.25, -0.2) is 4.39 Å². The molecule has 0 spiro atoms. The molecule has 5 heteroatoms. The first-order valence-corrected chi connectivity index (χ1v) is 6.17. The van der Waals surface area contributed by atoms with Gasteiger partial charge in [0.15, 0.2) is 5.75 Å². The molecule has 0 aliphatic carbocycles. The molecule has 0 saturated carbocycles. The van der Waals surface area contributed by atoms with Crippen LogP contribution in [0.25, 0.3) is 0 Å². The Labute approximate surface area is 111 Å². The van der Waals surface area contributed by atoms with E-state index in [1.807, 2.05) is 13.8 Å². The van der Waals surface area contributed by atoms with Crippen molar-refractivity contribution in [2.24, 2.45) is 0 Å². The van der Waals surface area contributed by atoms with E-state index in [1.54, 1.807) is 24.0 Å². The smallest absolute Gasteiger partial charge is 0.165 e. The topological polar surface area (TPSA) is 47.3 Å². The van der Waals surface area contributed by atoms with E-state index in [0.717, 1.165) is 0 Å². The lowest BCUT2D eigenvalue weighted by atomic mass is 10.1. The van der Waals surface area contributed by atoms with Crippen molar-refractivity contribution >= 4 is 0 Å². The summed E-state index contributed by atoms with van der Waals surface area (Å²) in [6, 6.07) is 4.31. The van der Waals surface area contributed by atoms with Crippen molar-refractivity contribution in [3.05, 3.63) is 42.0 Å². The van der Waals surface area contributed by atoms with Gasteiger partial charge in [0.2, 0.25) is 0 Å². The molecule has 2 rings (SSSR count). The van der Waals surface area contributed by atoms with E-state index in [4.69, 9.17) is 4.74 Å². The van der Waals surface area contributed by atoms with Crippen LogP contribution in [0.5, 0.6) is 11.5 Å². The second-order valence-corrected chi connectivity index (χ2v) is 4.71. The zero-order chi connectivity index (χ0) is 14.0. The van der Waals surface area contributed by atoms with Crippen molar-refractivity contribution in [3.8, 4) is 11.5 Å². The maximum Gasteiger partial charge on any atom is 0.165 e. The Bertz CT molecular complexity index is 564. The van der Waals surface area contributed by atoms with E-state index >= 15 is 0 Å². The summed E-state index contributed by atoms with van der Waals surface area (Å²) in [7, 11) is 0. The van der Waals surface area contributed by atoms with E-state index < -0.39 is 11.9 Å². The summed E-state index contributed by atoms with van der Waals surface area (Å²) in [5.41, 5.74) is 0.414. The number of halogens is 1. The average molecular weight is 264 g/mol. The molecule has 4 nitrogen and oxygen atoms in total. The lowest BCUT2D eigenvalue weighted by molar-refractivity contribution is 0.195. The maximum atomic E-state index is 13.2. The largest absolute Gasteiger partial charge is 0.454 e. The number of aromatic nitrogens is 2. The fourth-order valence-electron chi connectivity index (χ4n) is 1.72. The molecule has 19 heavy (non-hydrogen) atoms. The predicted molar refractivity (Wildman–Crippen MR) is 69.7 cm³/mol. The third-order valence-electron chi connectivity index (χ3n) is 2.76. The average Bonchev–Trinajstić information content (AvgIpc) is 2.80. The molecule has 0 aliphatic rings. The molecule has 1 aromatic heterocycles. The molecule has 1 unspecified atom stereocenters. The Hall–Kier alpha value is -1.88. The van der Waals surface area contributed by atoms with Gasteiger partial charge in [-0.15, -0.1) is 0 Å². The molecule has 0 radical (unpaired) electrons. The normalized spacial score (nSPS) is 12.7. The van der Waals surface area contributed by atoms with Crippen LogP contribution < -0.4 is 4.74 Å². The van der Waals surface area contributed by atoms with E-state index in [9.17, 15) is 9.50 Å². The minimum atomic E-state index is -0.800. The van der Waals surface area contributed by atoms with Crippen LogP contribution in [-0.4, -0.2) is 14.9 Å². The highest BCUT2D eigenvalue weighted by molar-refractivity contribution is 5.38. The van der Waals surface area contributed by atoms with Gasteiger partial charge in [-0.05, 0) is 39.0 Å². The van der Waals surface area contributed by atoms with Gasteiger partial charge in [0, 0.05) is 11.6 Å². The van der Waals surface area contributed by atoms with Gasteiger partial charge in [-0.2, -0.15) is 5.10 Å². The van der Waals surface area contributed by atoms with Crippen LogP contribution in [-0.2, 0) is 0 Å². The lowest BCUT2D eigenvalue weighted by Gasteiger charge is -2.12. The summed E-state index contributed by atoms with van der Waals surface area (Å²) >= 11 is 0. The Kier molecular flexibility index (Phi) is 3.85. The second-order valence-electron chi connectivity index (χ2n) is 4.71. The monoisotopic (exact) mass is 264 g/mol. The fraction of sp³-hybridized carbons (Fsp3) is 0.357. The molecule has 1 N–H and O–H groups in total. The summed E-state index contributed by atoms with van der Waals surface area (Å²) in [4.78, 5) is 0. The number of aliphatic hydroxyl groups excluding tert-OH is 1. The highest BCUT2D eigenvalue weighted by Gasteiger charge is 2.12. The minimum Gasteiger partial charge on any atom is -0.454 e. The van der Waals surface area contributed by atoms with Crippen LogP contribution in [0.15, 0.2) is 30.6 Å². The second kappa shape index (κ2) is 5.40. The van der Waals surface area contributed by atoms with Crippen molar-refractivity contribution in [3.63, 3.8) is 0 Å². The van der Waals surface area contributed by atoms with E-state index in [1.165, 1.54) is 18.2 Å². The molecule has 0 saturated heterocycles. The third-order valence-corrected chi connectivity index (χ3v) is 2.76. The first-order valence-electron chi connectivity index (χ1n) is 6.17. The molecule has 0 fully saturated rings. The number of aliphatic hydroxyl groups is 1. The van der Waals surface area contributed by atoms with Gasteiger partial charge in [-0.1, -0.05) is 0 Å². The highest BCUT2D eigenvalue weighted by atomic mass is 19.1. The number of hydrogen-bond acceptors (Lipinski definition) is 3.